The number of hydrogen-bond acceptors (Lipinski definition) is 6. The number of carbonyl (C=O) groups excluding carboxylic acids is 1. The Balaban J connectivity index is 1.48. The Morgan fingerprint density at radius 2 is 2.18 bits per heavy atom. The van der Waals surface area contributed by atoms with Crippen molar-refractivity contribution in [3.63, 3.8) is 0 Å². The minimum atomic E-state index is -0.369. The fraction of sp³-hybridized carbons (Fsp3) is 0.667. The molecule has 3 atom stereocenters. The number of esters is 1. The Morgan fingerprint density at radius 3 is 3.00 bits per heavy atom. The Bertz CT molecular complexity index is 894. The van der Waals surface area contributed by atoms with Gasteiger partial charge in [-0.3, -0.25) is 9.47 Å². The Kier molecular flexibility index (Phi) is 4.50. The van der Waals surface area contributed by atoms with E-state index in [4.69, 9.17) is 9.72 Å². The van der Waals surface area contributed by atoms with E-state index in [1.54, 1.807) is 12.3 Å². The van der Waals surface area contributed by atoms with E-state index in [1.165, 1.54) is 45.9 Å². The zero-order valence-electron chi connectivity index (χ0n) is 16.8. The van der Waals surface area contributed by atoms with Gasteiger partial charge in [0, 0.05) is 38.4 Å². The highest BCUT2D eigenvalue weighted by Gasteiger charge is 2.42. The molecule has 0 unspecified atom stereocenters. The van der Waals surface area contributed by atoms with Crippen LogP contribution in [0, 0.1) is 11.8 Å². The van der Waals surface area contributed by atoms with Gasteiger partial charge >= 0.3 is 5.97 Å². The fourth-order valence-electron chi connectivity index (χ4n) is 5.69. The number of piperidine rings is 3. The summed E-state index contributed by atoms with van der Waals surface area (Å²) in [7, 11) is 1.39. The molecule has 5 rings (SSSR count). The number of ether oxygens (including phenoxy) is 1. The SMILES string of the molecule is CCn1c(N2C[C@@H]3C[C@H](C2)[C@@H]2CCCCN2C3)nc2cc(C(=O)OC)cnc21. The highest BCUT2D eigenvalue weighted by atomic mass is 16.5. The molecule has 2 bridgehead atoms. The van der Waals surface area contributed by atoms with Gasteiger partial charge in [0.25, 0.3) is 0 Å². The first-order valence-corrected chi connectivity index (χ1v) is 10.6. The van der Waals surface area contributed by atoms with Crippen LogP contribution in [0.3, 0.4) is 0 Å². The van der Waals surface area contributed by atoms with Crippen molar-refractivity contribution in [2.24, 2.45) is 11.8 Å². The van der Waals surface area contributed by atoms with Crippen LogP contribution in [-0.2, 0) is 11.3 Å². The van der Waals surface area contributed by atoms with Crippen molar-refractivity contribution in [3.05, 3.63) is 17.8 Å². The minimum absolute atomic E-state index is 0.369. The third-order valence-corrected chi connectivity index (χ3v) is 6.86. The molecule has 0 N–H and O–H groups in total. The van der Waals surface area contributed by atoms with E-state index in [2.05, 4.69) is 26.3 Å². The van der Waals surface area contributed by atoms with Gasteiger partial charge in [-0.15, -0.1) is 0 Å². The third kappa shape index (κ3) is 2.87. The standard InChI is InChI=1S/C21H29N5O2/c1-3-26-19-17(9-15(10-22-19)20(27)28-2)23-21(26)25-12-14-8-16(13-25)18-6-4-5-7-24(18)11-14/h9-10,14,16,18H,3-8,11-13H2,1-2H3/t14-,16-,18+/m1/s1. The number of aromatic nitrogens is 3. The molecule has 0 aliphatic carbocycles. The molecule has 0 spiro atoms. The van der Waals surface area contributed by atoms with Crippen molar-refractivity contribution < 1.29 is 9.53 Å². The molecule has 3 fully saturated rings. The van der Waals surface area contributed by atoms with Gasteiger partial charge in [0.1, 0.15) is 5.52 Å². The number of rotatable bonds is 3. The van der Waals surface area contributed by atoms with Crippen molar-refractivity contribution in [1.82, 2.24) is 19.4 Å². The molecule has 7 nitrogen and oxygen atoms in total. The fourth-order valence-corrected chi connectivity index (χ4v) is 5.69. The highest BCUT2D eigenvalue weighted by Crippen LogP contribution is 2.39. The van der Waals surface area contributed by atoms with Crippen LogP contribution in [0.5, 0.6) is 0 Å². The van der Waals surface area contributed by atoms with Crippen LogP contribution in [0.25, 0.3) is 11.2 Å². The number of carbonyl (C=O) groups is 1. The summed E-state index contributed by atoms with van der Waals surface area (Å²) < 4.78 is 7.03. The lowest BCUT2D eigenvalue weighted by atomic mass is 9.76. The molecule has 28 heavy (non-hydrogen) atoms. The number of fused-ring (bicyclic) bond motifs is 5. The summed E-state index contributed by atoms with van der Waals surface area (Å²) >= 11 is 0. The average Bonchev–Trinajstić information content (AvgIpc) is 3.10. The van der Waals surface area contributed by atoms with Crippen molar-refractivity contribution in [1.29, 1.82) is 0 Å². The maximum atomic E-state index is 11.9. The summed E-state index contributed by atoms with van der Waals surface area (Å²) in [6.45, 7) is 7.60. The van der Waals surface area contributed by atoms with Crippen molar-refractivity contribution in [3.8, 4) is 0 Å². The van der Waals surface area contributed by atoms with E-state index >= 15 is 0 Å². The molecule has 3 saturated heterocycles. The molecule has 7 heteroatoms. The van der Waals surface area contributed by atoms with Gasteiger partial charge in [0.15, 0.2) is 5.65 Å². The lowest BCUT2D eigenvalue weighted by Gasteiger charge is -2.52. The molecule has 150 valence electrons. The van der Waals surface area contributed by atoms with Crippen LogP contribution in [-0.4, -0.2) is 64.7 Å². The van der Waals surface area contributed by atoms with Gasteiger partial charge in [-0.2, -0.15) is 0 Å². The summed E-state index contributed by atoms with van der Waals surface area (Å²) in [4.78, 5) is 26.6. The molecule has 0 radical (unpaired) electrons. The van der Waals surface area contributed by atoms with Gasteiger partial charge in [0.2, 0.25) is 5.95 Å². The van der Waals surface area contributed by atoms with E-state index in [9.17, 15) is 4.79 Å². The molecule has 0 amide bonds. The van der Waals surface area contributed by atoms with Crippen molar-refractivity contribution in [2.75, 3.05) is 38.2 Å². The smallest absolute Gasteiger partial charge is 0.339 e. The van der Waals surface area contributed by atoms with Crippen LogP contribution in [0.15, 0.2) is 12.3 Å². The van der Waals surface area contributed by atoms with Gasteiger partial charge < -0.3 is 9.64 Å². The number of anilines is 1. The molecule has 2 aromatic heterocycles. The second kappa shape index (κ2) is 7.03. The summed E-state index contributed by atoms with van der Waals surface area (Å²) in [5.74, 6) is 2.09. The quantitative estimate of drug-likeness (QED) is 0.759. The van der Waals surface area contributed by atoms with E-state index in [-0.39, 0.29) is 5.97 Å². The number of methoxy groups -OCH3 is 1. The Morgan fingerprint density at radius 1 is 1.29 bits per heavy atom. The normalized spacial score (nSPS) is 27.6. The number of aryl methyl sites for hydroxylation is 1. The minimum Gasteiger partial charge on any atom is -0.465 e. The zero-order chi connectivity index (χ0) is 19.3. The molecule has 5 heterocycles. The third-order valence-electron chi connectivity index (χ3n) is 6.86. The number of nitrogens with zero attached hydrogens (tertiary/aromatic N) is 5. The largest absolute Gasteiger partial charge is 0.465 e. The molecule has 0 saturated carbocycles. The topological polar surface area (TPSA) is 63.5 Å². The second-order valence-corrected chi connectivity index (χ2v) is 8.54. The summed E-state index contributed by atoms with van der Waals surface area (Å²) in [6.07, 6.45) is 7.03. The van der Waals surface area contributed by atoms with Crippen molar-refractivity contribution >= 4 is 23.1 Å². The molecular formula is C21H29N5O2. The number of imidazole rings is 1. The molecule has 0 aromatic carbocycles. The lowest BCUT2D eigenvalue weighted by Crippen LogP contribution is -2.59. The van der Waals surface area contributed by atoms with Crippen LogP contribution in [0.2, 0.25) is 0 Å². The molecule has 3 aliphatic rings. The molecule has 2 aromatic rings. The van der Waals surface area contributed by atoms with Gasteiger partial charge in [-0.05, 0) is 50.6 Å². The van der Waals surface area contributed by atoms with E-state index in [0.29, 0.717) is 5.56 Å². The predicted molar refractivity (Wildman–Crippen MR) is 108 cm³/mol. The predicted octanol–water partition coefficient (Wildman–Crippen LogP) is 2.55. The zero-order valence-corrected chi connectivity index (χ0v) is 16.8. The second-order valence-electron chi connectivity index (χ2n) is 8.54. The number of pyridine rings is 1. The van der Waals surface area contributed by atoms with Gasteiger partial charge in [-0.1, -0.05) is 6.42 Å². The van der Waals surface area contributed by atoms with E-state index in [1.807, 2.05) is 0 Å². The number of hydrogen-bond donors (Lipinski definition) is 0. The van der Waals surface area contributed by atoms with E-state index < -0.39 is 0 Å². The molecule has 3 aliphatic heterocycles. The summed E-state index contributed by atoms with van der Waals surface area (Å²) in [5.41, 5.74) is 2.07. The first-order valence-electron chi connectivity index (χ1n) is 10.6. The first kappa shape index (κ1) is 17.9. The van der Waals surface area contributed by atoms with Crippen LogP contribution in [0.4, 0.5) is 5.95 Å². The Labute approximate surface area is 165 Å². The first-order chi connectivity index (χ1) is 13.7. The maximum absolute atomic E-state index is 11.9. The van der Waals surface area contributed by atoms with Crippen LogP contribution >= 0.6 is 0 Å². The molecular weight excluding hydrogens is 354 g/mol. The lowest BCUT2D eigenvalue weighted by molar-refractivity contribution is 0.0182. The van der Waals surface area contributed by atoms with Gasteiger partial charge in [-0.25, -0.2) is 14.8 Å². The maximum Gasteiger partial charge on any atom is 0.339 e. The average molecular weight is 383 g/mol. The summed E-state index contributed by atoms with van der Waals surface area (Å²) in [6, 6.07) is 2.55. The Hall–Kier alpha value is -2.15. The highest BCUT2D eigenvalue weighted by molar-refractivity contribution is 5.92. The summed E-state index contributed by atoms with van der Waals surface area (Å²) in [5, 5.41) is 0. The van der Waals surface area contributed by atoms with E-state index in [0.717, 1.165) is 54.6 Å². The van der Waals surface area contributed by atoms with Crippen molar-refractivity contribution in [2.45, 2.75) is 45.2 Å². The van der Waals surface area contributed by atoms with Crippen LogP contribution < -0.4 is 4.90 Å². The monoisotopic (exact) mass is 383 g/mol. The van der Waals surface area contributed by atoms with Gasteiger partial charge in [0.05, 0.1) is 12.7 Å². The van der Waals surface area contributed by atoms with Crippen LogP contribution in [0.1, 0.15) is 43.0 Å².